The van der Waals surface area contributed by atoms with E-state index in [4.69, 9.17) is 5.73 Å². The number of unbranched alkanes of at least 4 members (excludes halogenated alkanes) is 3. The average molecular weight is 311 g/mol. The van der Waals surface area contributed by atoms with Crippen molar-refractivity contribution >= 4 is 5.91 Å². The Balaban J connectivity index is 1.97. The number of amides is 1. The maximum Gasteiger partial charge on any atom is 0.220 e. The van der Waals surface area contributed by atoms with Crippen molar-refractivity contribution in [3.63, 3.8) is 0 Å². The van der Waals surface area contributed by atoms with E-state index in [0.717, 1.165) is 43.4 Å². The normalized spacial score (nSPS) is 11.9. The van der Waals surface area contributed by atoms with Crippen LogP contribution in [0.4, 0.5) is 0 Å². The molecule has 1 aromatic heterocycles. The molecular formula is C19H25N3O. The molecule has 122 valence electrons. The third-order valence-electron chi connectivity index (χ3n) is 3.81. The van der Waals surface area contributed by atoms with Crippen molar-refractivity contribution in [3.05, 3.63) is 66.0 Å². The molecule has 0 saturated heterocycles. The van der Waals surface area contributed by atoms with Crippen LogP contribution in [0.5, 0.6) is 0 Å². The minimum absolute atomic E-state index is 0.0791. The van der Waals surface area contributed by atoms with Crippen LogP contribution in [-0.2, 0) is 4.79 Å². The van der Waals surface area contributed by atoms with E-state index < -0.39 is 0 Å². The van der Waals surface area contributed by atoms with Crippen molar-refractivity contribution < 1.29 is 4.79 Å². The van der Waals surface area contributed by atoms with E-state index in [0.29, 0.717) is 6.42 Å². The summed E-state index contributed by atoms with van der Waals surface area (Å²) in [5, 5.41) is 3.14. The minimum atomic E-state index is -0.151. The van der Waals surface area contributed by atoms with Gasteiger partial charge in [-0.05, 0) is 36.6 Å². The largest absolute Gasteiger partial charge is 0.345 e. The van der Waals surface area contributed by atoms with E-state index in [1.165, 1.54) is 0 Å². The van der Waals surface area contributed by atoms with Gasteiger partial charge in [0.05, 0.1) is 6.04 Å². The fourth-order valence-corrected chi connectivity index (χ4v) is 2.57. The maximum absolute atomic E-state index is 12.3. The van der Waals surface area contributed by atoms with Crippen LogP contribution in [0.3, 0.4) is 0 Å². The summed E-state index contributed by atoms with van der Waals surface area (Å²) >= 11 is 0. The van der Waals surface area contributed by atoms with Gasteiger partial charge in [0.15, 0.2) is 0 Å². The van der Waals surface area contributed by atoms with Gasteiger partial charge >= 0.3 is 0 Å². The molecule has 0 bridgehead atoms. The topological polar surface area (TPSA) is 68.0 Å². The van der Waals surface area contributed by atoms with E-state index in [-0.39, 0.29) is 11.9 Å². The second-order valence-electron chi connectivity index (χ2n) is 5.65. The molecule has 4 heteroatoms. The molecule has 0 aliphatic rings. The van der Waals surface area contributed by atoms with Gasteiger partial charge in [-0.3, -0.25) is 9.78 Å². The summed E-state index contributed by atoms with van der Waals surface area (Å²) in [6.45, 7) is 0.725. The quantitative estimate of drug-likeness (QED) is 0.699. The van der Waals surface area contributed by atoms with Crippen LogP contribution >= 0.6 is 0 Å². The summed E-state index contributed by atoms with van der Waals surface area (Å²) in [6, 6.07) is 13.7. The highest BCUT2D eigenvalue weighted by atomic mass is 16.1. The number of pyridine rings is 1. The highest BCUT2D eigenvalue weighted by molar-refractivity contribution is 5.76. The molecular weight excluding hydrogens is 286 g/mol. The SMILES string of the molecule is NCCCCCCC(=O)NC(c1ccccc1)c1cccnc1. The summed E-state index contributed by atoms with van der Waals surface area (Å²) in [5.41, 5.74) is 7.54. The number of nitrogens with one attached hydrogen (secondary N) is 1. The molecule has 4 nitrogen and oxygen atoms in total. The van der Waals surface area contributed by atoms with Crippen molar-refractivity contribution in [1.29, 1.82) is 0 Å². The number of carbonyl (C=O) groups excluding carboxylic acids is 1. The average Bonchev–Trinajstić information content (AvgIpc) is 2.61. The van der Waals surface area contributed by atoms with Crippen LogP contribution < -0.4 is 11.1 Å². The molecule has 1 unspecified atom stereocenters. The first-order valence-electron chi connectivity index (χ1n) is 8.25. The maximum atomic E-state index is 12.3. The molecule has 1 amide bonds. The molecule has 23 heavy (non-hydrogen) atoms. The molecule has 1 atom stereocenters. The Hall–Kier alpha value is -2.20. The predicted octanol–water partition coefficient (Wildman–Crippen LogP) is 3.20. The number of nitrogens with zero attached hydrogens (tertiary/aromatic N) is 1. The van der Waals surface area contributed by atoms with Gasteiger partial charge in [0, 0.05) is 18.8 Å². The number of benzene rings is 1. The summed E-state index contributed by atoms with van der Waals surface area (Å²) in [4.78, 5) is 16.4. The van der Waals surface area contributed by atoms with Crippen LogP contribution in [0.2, 0.25) is 0 Å². The van der Waals surface area contributed by atoms with Crippen molar-refractivity contribution in [2.75, 3.05) is 6.54 Å². The fraction of sp³-hybridized carbons (Fsp3) is 0.368. The van der Waals surface area contributed by atoms with Crippen molar-refractivity contribution in [1.82, 2.24) is 10.3 Å². The molecule has 2 rings (SSSR count). The van der Waals surface area contributed by atoms with Crippen LogP contribution in [0.25, 0.3) is 0 Å². The monoisotopic (exact) mass is 311 g/mol. The third kappa shape index (κ3) is 5.83. The standard InChI is InChI=1S/C19H25N3O/c20-13-7-2-1-6-12-18(23)22-19(16-9-4-3-5-10-16)17-11-8-14-21-15-17/h3-5,8-11,14-15,19H,1-2,6-7,12-13,20H2,(H,22,23). The third-order valence-corrected chi connectivity index (χ3v) is 3.81. The molecule has 1 heterocycles. The molecule has 0 aliphatic heterocycles. The first kappa shape index (κ1) is 17.2. The van der Waals surface area contributed by atoms with Gasteiger partial charge in [0.2, 0.25) is 5.91 Å². The van der Waals surface area contributed by atoms with Gasteiger partial charge in [-0.1, -0.05) is 49.2 Å². The fourth-order valence-electron chi connectivity index (χ4n) is 2.57. The van der Waals surface area contributed by atoms with Gasteiger partial charge in [-0.25, -0.2) is 0 Å². The minimum Gasteiger partial charge on any atom is -0.345 e. The van der Waals surface area contributed by atoms with Crippen molar-refractivity contribution in [2.24, 2.45) is 5.73 Å². The molecule has 1 aromatic carbocycles. The first-order chi connectivity index (χ1) is 11.3. The Morgan fingerprint density at radius 1 is 1.00 bits per heavy atom. The number of nitrogens with two attached hydrogens (primary N) is 1. The molecule has 0 aliphatic carbocycles. The second-order valence-corrected chi connectivity index (χ2v) is 5.65. The first-order valence-corrected chi connectivity index (χ1v) is 8.25. The summed E-state index contributed by atoms with van der Waals surface area (Å²) in [5.74, 6) is 0.0791. The summed E-state index contributed by atoms with van der Waals surface area (Å²) in [7, 11) is 0. The summed E-state index contributed by atoms with van der Waals surface area (Å²) < 4.78 is 0. The Kier molecular flexibility index (Phi) is 7.27. The van der Waals surface area contributed by atoms with E-state index in [2.05, 4.69) is 10.3 Å². The van der Waals surface area contributed by atoms with E-state index in [9.17, 15) is 4.79 Å². The zero-order chi connectivity index (χ0) is 16.3. The van der Waals surface area contributed by atoms with E-state index in [1.54, 1.807) is 12.4 Å². The lowest BCUT2D eigenvalue weighted by molar-refractivity contribution is -0.121. The number of rotatable bonds is 9. The molecule has 3 N–H and O–H groups in total. The number of hydrogen-bond donors (Lipinski definition) is 2. The number of carbonyl (C=O) groups is 1. The number of aromatic nitrogens is 1. The van der Waals surface area contributed by atoms with Gasteiger partial charge in [0.25, 0.3) is 0 Å². The van der Waals surface area contributed by atoms with Crippen LogP contribution in [0, 0.1) is 0 Å². The van der Waals surface area contributed by atoms with Crippen LogP contribution in [0.15, 0.2) is 54.9 Å². The Labute approximate surface area is 138 Å². The van der Waals surface area contributed by atoms with E-state index >= 15 is 0 Å². The Morgan fingerprint density at radius 2 is 1.74 bits per heavy atom. The number of hydrogen-bond acceptors (Lipinski definition) is 3. The van der Waals surface area contributed by atoms with Gasteiger partial charge in [-0.2, -0.15) is 0 Å². The lowest BCUT2D eigenvalue weighted by atomic mass is 10.00. The second kappa shape index (κ2) is 9.74. The van der Waals surface area contributed by atoms with Gasteiger partial charge in [0.1, 0.15) is 0 Å². The lowest BCUT2D eigenvalue weighted by Crippen LogP contribution is -2.29. The highest BCUT2D eigenvalue weighted by Crippen LogP contribution is 2.21. The van der Waals surface area contributed by atoms with Crippen molar-refractivity contribution in [3.8, 4) is 0 Å². The predicted molar refractivity (Wildman–Crippen MR) is 92.8 cm³/mol. The smallest absolute Gasteiger partial charge is 0.220 e. The van der Waals surface area contributed by atoms with E-state index in [1.807, 2.05) is 42.5 Å². The zero-order valence-corrected chi connectivity index (χ0v) is 13.4. The molecule has 0 fully saturated rings. The molecule has 2 aromatic rings. The lowest BCUT2D eigenvalue weighted by Gasteiger charge is -2.19. The van der Waals surface area contributed by atoms with Crippen molar-refractivity contribution in [2.45, 2.75) is 38.1 Å². The van der Waals surface area contributed by atoms with Gasteiger partial charge in [-0.15, -0.1) is 0 Å². The summed E-state index contributed by atoms with van der Waals surface area (Å²) in [6.07, 6.45) is 8.17. The zero-order valence-electron chi connectivity index (χ0n) is 13.4. The molecule has 0 saturated carbocycles. The Morgan fingerprint density at radius 3 is 2.43 bits per heavy atom. The highest BCUT2D eigenvalue weighted by Gasteiger charge is 2.16. The van der Waals surface area contributed by atoms with Gasteiger partial charge < -0.3 is 11.1 Å². The van der Waals surface area contributed by atoms with Crippen LogP contribution in [-0.4, -0.2) is 17.4 Å². The van der Waals surface area contributed by atoms with Crippen LogP contribution in [0.1, 0.15) is 49.3 Å². The molecule has 0 spiro atoms. The Bertz CT molecular complexity index is 532. The molecule has 0 radical (unpaired) electrons.